The zero-order valence-electron chi connectivity index (χ0n) is 8.88. The highest BCUT2D eigenvalue weighted by atomic mass is 16.5. The van der Waals surface area contributed by atoms with Crippen LogP contribution in [-0.2, 0) is 0 Å². The van der Waals surface area contributed by atoms with Gasteiger partial charge in [0.1, 0.15) is 5.75 Å². The molecule has 4 nitrogen and oxygen atoms in total. The van der Waals surface area contributed by atoms with Crippen molar-refractivity contribution in [3.05, 3.63) is 42.5 Å². The van der Waals surface area contributed by atoms with Crippen LogP contribution >= 0.6 is 0 Å². The third-order valence-corrected chi connectivity index (χ3v) is 1.99. The molecule has 2 aromatic rings. The Morgan fingerprint density at radius 3 is 2.56 bits per heavy atom. The fourth-order valence-corrected chi connectivity index (χ4v) is 1.27. The number of nitrogens with two attached hydrogens (primary N) is 1. The number of pyridine rings is 1. The molecule has 2 N–H and O–H groups in total. The quantitative estimate of drug-likeness (QED) is 0.801. The van der Waals surface area contributed by atoms with Gasteiger partial charge in [0.15, 0.2) is 0 Å². The van der Waals surface area contributed by atoms with E-state index >= 15 is 0 Å². The molecule has 0 amide bonds. The van der Waals surface area contributed by atoms with Gasteiger partial charge in [-0.2, -0.15) is 4.98 Å². The molecular formula is C12H12N2O2. The number of benzene rings is 1. The highest BCUT2D eigenvalue weighted by Crippen LogP contribution is 2.22. The lowest BCUT2D eigenvalue weighted by molar-refractivity contribution is 0.383. The summed E-state index contributed by atoms with van der Waals surface area (Å²) in [6.45, 7) is 0. The zero-order valence-corrected chi connectivity index (χ0v) is 8.88. The number of aromatic nitrogens is 1. The minimum atomic E-state index is 0.477. The molecule has 82 valence electrons. The van der Waals surface area contributed by atoms with E-state index in [0.717, 1.165) is 0 Å². The molecule has 0 aliphatic heterocycles. The van der Waals surface area contributed by atoms with E-state index in [1.165, 1.54) is 0 Å². The monoisotopic (exact) mass is 216 g/mol. The number of nitrogen functional groups attached to an aromatic ring is 1. The Bertz CT molecular complexity index is 486. The normalized spacial score (nSPS) is 9.81. The van der Waals surface area contributed by atoms with Crippen molar-refractivity contribution in [1.82, 2.24) is 4.98 Å². The second kappa shape index (κ2) is 4.53. The topological polar surface area (TPSA) is 57.4 Å². The fourth-order valence-electron chi connectivity index (χ4n) is 1.27. The van der Waals surface area contributed by atoms with Crippen molar-refractivity contribution < 1.29 is 9.47 Å². The number of rotatable bonds is 3. The van der Waals surface area contributed by atoms with Crippen LogP contribution in [0.1, 0.15) is 0 Å². The maximum atomic E-state index is 5.64. The van der Waals surface area contributed by atoms with Crippen LogP contribution in [0.3, 0.4) is 0 Å². The van der Waals surface area contributed by atoms with Crippen LogP contribution in [0.5, 0.6) is 17.5 Å². The van der Waals surface area contributed by atoms with E-state index < -0.39 is 0 Å². The first-order chi connectivity index (χ1) is 7.78. The van der Waals surface area contributed by atoms with Crippen LogP contribution < -0.4 is 15.2 Å². The summed E-state index contributed by atoms with van der Waals surface area (Å²) >= 11 is 0. The molecule has 0 fully saturated rings. The fraction of sp³-hybridized carbons (Fsp3) is 0.0833. The standard InChI is InChI=1S/C12H12N2O2/c1-15-11-6-3-7-12(14-11)16-10-5-2-4-9(13)8-10/h2-8H,13H2,1H3. The van der Waals surface area contributed by atoms with Gasteiger partial charge in [0, 0.05) is 23.9 Å². The van der Waals surface area contributed by atoms with Gasteiger partial charge in [-0.25, -0.2) is 0 Å². The molecule has 16 heavy (non-hydrogen) atoms. The molecule has 1 heterocycles. The SMILES string of the molecule is COc1cccc(Oc2cccc(N)c2)n1. The number of hydrogen-bond acceptors (Lipinski definition) is 4. The molecule has 0 saturated carbocycles. The molecule has 0 saturated heterocycles. The van der Waals surface area contributed by atoms with E-state index in [9.17, 15) is 0 Å². The minimum absolute atomic E-state index is 0.477. The Morgan fingerprint density at radius 1 is 1.06 bits per heavy atom. The Labute approximate surface area is 93.6 Å². The summed E-state index contributed by atoms with van der Waals surface area (Å²) in [5.74, 6) is 1.65. The number of ether oxygens (including phenoxy) is 2. The van der Waals surface area contributed by atoms with Gasteiger partial charge in [-0.1, -0.05) is 12.1 Å². The van der Waals surface area contributed by atoms with Gasteiger partial charge < -0.3 is 15.2 Å². The van der Waals surface area contributed by atoms with Gasteiger partial charge in [-0.15, -0.1) is 0 Å². The zero-order chi connectivity index (χ0) is 11.4. The predicted molar refractivity (Wildman–Crippen MR) is 61.7 cm³/mol. The summed E-state index contributed by atoms with van der Waals surface area (Å²) in [4.78, 5) is 4.13. The third-order valence-electron chi connectivity index (χ3n) is 1.99. The predicted octanol–water partition coefficient (Wildman–Crippen LogP) is 2.46. The van der Waals surface area contributed by atoms with Gasteiger partial charge >= 0.3 is 0 Å². The number of methoxy groups -OCH3 is 1. The first kappa shape index (κ1) is 10.3. The number of anilines is 1. The average Bonchev–Trinajstić information content (AvgIpc) is 2.29. The van der Waals surface area contributed by atoms with Gasteiger partial charge in [0.25, 0.3) is 0 Å². The van der Waals surface area contributed by atoms with Crippen LogP contribution in [0.25, 0.3) is 0 Å². The Balaban J connectivity index is 2.20. The van der Waals surface area contributed by atoms with Crippen LogP contribution in [0.4, 0.5) is 5.69 Å². The lowest BCUT2D eigenvalue weighted by atomic mass is 10.3. The third kappa shape index (κ3) is 2.42. The van der Waals surface area contributed by atoms with Crippen molar-refractivity contribution in [3.8, 4) is 17.5 Å². The largest absolute Gasteiger partial charge is 0.481 e. The minimum Gasteiger partial charge on any atom is -0.481 e. The molecule has 0 aliphatic carbocycles. The first-order valence-electron chi connectivity index (χ1n) is 4.82. The summed E-state index contributed by atoms with van der Waals surface area (Å²) < 4.78 is 10.5. The van der Waals surface area contributed by atoms with Crippen LogP contribution in [0.2, 0.25) is 0 Å². The van der Waals surface area contributed by atoms with Crippen LogP contribution in [0.15, 0.2) is 42.5 Å². The van der Waals surface area contributed by atoms with Crippen molar-refractivity contribution in [2.24, 2.45) is 0 Å². The van der Waals surface area contributed by atoms with E-state index in [-0.39, 0.29) is 0 Å². The van der Waals surface area contributed by atoms with E-state index in [1.807, 2.05) is 18.2 Å². The number of nitrogens with zero attached hydrogens (tertiary/aromatic N) is 1. The molecule has 0 atom stereocenters. The highest BCUT2D eigenvalue weighted by molar-refractivity contribution is 5.44. The van der Waals surface area contributed by atoms with Gasteiger partial charge in [0.2, 0.25) is 11.8 Å². The summed E-state index contributed by atoms with van der Waals surface area (Å²) in [5, 5.41) is 0. The summed E-state index contributed by atoms with van der Waals surface area (Å²) in [6, 6.07) is 12.5. The highest BCUT2D eigenvalue weighted by Gasteiger charge is 2.00. The molecule has 1 aromatic heterocycles. The maximum Gasteiger partial charge on any atom is 0.222 e. The average molecular weight is 216 g/mol. The first-order valence-corrected chi connectivity index (χ1v) is 4.82. The van der Waals surface area contributed by atoms with Gasteiger partial charge in [-0.3, -0.25) is 0 Å². The van der Waals surface area contributed by atoms with E-state index in [0.29, 0.717) is 23.2 Å². The van der Waals surface area contributed by atoms with Crippen molar-refractivity contribution in [2.75, 3.05) is 12.8 Å². The smallest absolute Gasteiger partial charge is 0.222 e. The maximum absolute atomic E-state index is 5.64. The second-order valence-electron chi connectivity index (χ2n) is 3.19. The van der Waals surface area contributed by atoms with Crippen LogP contribution in [-0.4, -0.2) is 12.1 Å². The second-order valence-corrected chi connectivity index (χ2v) is 3.19. The number of hydrogen-bond donors (Lipinski definition) is 1. The van der Waals surface area contributed by atoms with Crippen molar-refractivity contribution >= 4 is 5.69 Å². The Kier molecular flexibility index (Phi) is 2.91. The lowest BCUT2D eigenvalue weighted by Gasteiger charge is -2.06. The van der Waals surface area contributed by atoms with Gasteiger partial charge in [0.05, 0.1) is 7.11 Å². The molecule has 4 heteroatoms. The molecule has 2 rings (SSSR count). The summed E-state index contributed by atoms with van der Waals surface area (Å²) in [7, 11) is 1.56. The molecule has 0 spiro atoms. The molecule has 0 bridgehead atoms. The molecular weight excluding hydrogens is 204 g/mol. The summed E-state index contributed by atoms with van der Waals surface area (Å²) in [5.41, 5.74) is 6.30. The van der Waals surface area contributed by atoms with Crippen LogP contribution in [0, 0.1) is 0 Å². The molecule has 0 radical (unpaired) electrons. The van der Waals surface area contributed by atoms with Gasteiger partial charge in [-0.05, 0) is 12.1 Å². The molecule has 0 aliphatic rings. The molecule has 0 unspecified atom stereocenters. The van der Waals surface area contributed by atoms with E-state index in [4.69, 9.17) is 15.2 Å². The van der Waals surface area contributed by atoms with Crippen molar-refractivity contribution in [3.63, 3.8) is 0 Å². The van der Waals surface area contributed by atoms with E-state index in [1.54, 1.807) is 31.4 Å². The lowest BCUT2D eigenvalue weighted by Crippen LogP contribution is -1.92. The molecule has 1 aromatic carbocycles. The van der Waals surface area contributed by atoms with E-state index in [2.05, 4.69) is 4.98 Å². The Morgan fingerprint density at radius 2 is 1.81 bits per heavy atom. The Hall–Kier alpha value is -2.23. The van der Waals surface area contributed by atoms with Crippen molar-refractivity contribution in [2.45, 2.75) is 0 Å². The summed E-state index contributed by atoms with van der Waals surface area (Å²) in [6.07, 6.45) is 0. The van der Waals surface area contributed by atoms with Crippen molar-refractivity contribution in [1.29, 1.82) is 0 Å².